The quantitative estimate of drug-likeness (QED) is 0.895. The normalized spacial score (nSPS) is 20.8. The predicted molar refractivity (Wildman–Crippen MR) is 82.5 cm³/mol. The highest BCUT2D eigenvalue weighted by Crippen LogP contribution is 2.16. The first-order valence-electron chi connectivity index (χ1n) is 6.58. The van der Waals surface area contributed by atoms with Gasteiger partial charge in [-0.1, -0.05) is 24.3 Å². The molecule has 1 fully saturated rings. The maximum absolute atomic E-state index is 11.8. The largest absolute Gasteiger partial charge is 0.352 e. The van der Waals surface area contributed by atoms with E-state index in [0.29, 0.717) is 12.2 Å². The van der Waals surface area contributed by atoms with Crippen molar-refractivity contribution >= 4 is 27.5 Å². The Balaban J connectivity index is 1.72. The number of hydrogen-bond acceptors (Lipinski definition) is 4. The van der Waals surface area contributed by atoms with Crippen LogP contribution in [-0.4, -0.2) is 37.6 Å². The molecule has 6 heteroatoms. The van der Waals surface area contributed by atoms with Crippen LogP contribution in [0.4, 0.5) is 0 Å². The minimum absolute atomic E-state index is 0.0781. The van der Waals surface area contributed by atoms with Crippen LogP contribution in [0.15, 0.2) is 24.3 Å². The van der Waals surface area contributed by atoms with E-state index in [4.69, 9.17) is 0 Å². The van der Waals surface area contributed by atoms with Gasteiger partial charge in [-0.3, -0.25) is 4.79 Å². The molecule has 0 aromatic heterocycles. The van der Waals surface area contributed by atoms with Gasteiger partial charge in [0.25, 0.3) is 0 Å². The Morgan fingerprint density at radius 3 is 2.80 bits per heavy atom. The number of carbonyl (C=O) groups is 1. The third kappa shape index (κ3) is 4.52. The van der Waals surface area contributed by atoms with Gasteiger partial charge in [-0.05, 0) is 24.5 Å². The van der Waals surface area contributed by atoms with Gasteiger partial charge < -0.3 is 5.32 Å². The summed E-state index contributed by atoms with van der Waals surface area (Å²) in [5, 5.41) is 2.80. The number of amides is 1. The summed E-state index contributed by atoms with van der Waals surface area (Å²) in [5.74, 6) is 1.36. The average molecular weight is 313 g/mol. The van der Waals surface area contributed by atoms with E-state index in [1.807, 2.05) is 12.1 Å². The minimum atomic E-state index is -2.93. The van der Waals surface area contributed by atoms with Gasteiger partial charge >= 0.3 is 0 Å². The summed E-state index contributed by atoms with van der Waals surface area (Å²) in [6.45, 7) is 2.05. The first-order valence-corrected chi connectivity index (χ1v) is 9.56. The van der Waals surface area contributed by atoms with Gasteiger partial charge in [-0.2, -0.15) is 0 Å². The zero-order valence-electron chi connectivity index (χ0n) is 11.5. The summed E-state index contributed by atoms with van der Waals surface area (Å²) in [4.78, 5) is 11.8. The lowest BCUT2D eigenvalue weighted by Gasteiger charge is -2.10. The van der Waals surface area contributed by atoms with Crippen molar-refractivity contribution < 1.29 is 13.2 Å². The molecule has 1 saturated heterocycles. The molecule has 0 aliphatic carbocycles. The monoisotopic (exact) mass is 313 g/mol. The molecule has 1 heterocycles. The van der Waals surface area contributed by atoms with E-state index in [2.05, 4.69) is 24.4 Å². The second-order valence-electron chi connectivity index (χ2n) is 5.09. The number of carbonyl (C=O) groups excluding carboxylic acids is 1. The van der Waals surface area contributed by atoms with E-state index >= 15 is 0 Å². The highest BCUT2D eigenvalue weighted by atomic mass is 32.2. The molecule has 4 nitrogen and oxygen atoms in total. The smallest absolute Gasteiger partial charge is 0.230 e. The molecule has 20 heavy (non-hydrogen) atoms. The van der Waals surface area contributed by atoms with Crippen LogP contribution in [0.2, 0.25) is 0 Å². The highest BCUT2D eigenvalue weighted by molar-refractivity contribution is 7.99. The molecule has 1 aromatic carbocycles. The minimum Gasteiger partial charge on any atom is -0.352 e. The Hall–Kier alpha value is -1.01. The molecule has 0 saturated carbocycles. The maximum Gasteiger partial charge on any atom is 0.230 e. The van der Waals surface area contributed by atoms with E-state index in [1.54, 1.807) is 11.8 Å². The Morgan fingerprint density at radius 2 is 2.15 bits per heavy atom. The summed E-state index contributed by atoms with van der Waals surface area (Å²) in [6.07, 6.45) is 0.538. The average Bonchev–Trinajstić information content (AvgIpc) is 2.71. The van der Waals surface area contributed by atoms with Crippen molar-refractivity contribution in [2.75, 3.05) is 17.3 Å². The number of nitrogens with one attached hydrogen (secondary N) is 1. The number of thioether (sulfide) groups is 1. The van der Waals surface area contributed by atoms with Crippen LogP contribution >= 0.6 is 11.8 Å². The Labute approximate surface area is 124 Å². The number of hydrogen-bond donors (Lipinski definition) is 1. The van der Waals surface area contributed by atoms with Gasteiger partial charge in [0, 0.05) is 11.8 Å². The van der Waals surface area contributed by atoms with Gasteiger partial charge in [0.1, 0.15) is 0 Å². The molecular formula is C14H19NO3S2. The van der Waals surface area contributed by atoms with Crippen molar-refractivity contribution in [1.82, 2.24) is 5.32 Å². The SMILES string of the molecule is Cc1ccccc1CSCC(=O)N[C@@H]1CCS(=O)(=O)C1. The van der Waals surface area contributed by atoms with Gasteiger partial charge in [0.15, 0.2) is 9.84 Å². The Morgan fingerprint density at radius 1 is 1.40 bits per heavy atom. The molecule has 2 rings (SSSR count). The molecule has 1 aliphatic rings. The molecule has 0 radical (unpaired) electrons. The van der Waals surface area contributed by atoms with Crippen LogP contribution in [0.5, 0.6) is 0 Å². The second-order valence-corrected chi connectivity index (χ2v) is 8.30. The molecule has 0 bridgehead atoms. The summed E-state index contributed by atoms with van der Waals surface area (Å²) in [5.41, 5.74) is 2.45. The fourth-order valence-corrected chi connectivity index (χ4v) is 4.79. The third-order valence-electron chi connectivity index (χ3n) is 3.35. The van der Waals surface area contributed by atoms with E-state index < -0.39 is 9.84 Å². The first kappa shape index (κ1) is 15.4. The number of sulfone groups is 1. The van der Waals surface area contributed by atoms with Crippen molar-refractivity contribution in [1.29, 1.82) is 0 Å². The van der Waals surface area contributed by atoms with Crippen molar-refractivity contribution in [2.24, 2.45) is 0 Å². The van der Waals surface area contributed by atoms with Crippen LogP contribution in [0.1, 0.15) is 17.5 Å². The van der Waals surface area contributed by atoms with Gasteiger partial charge in [0.2, 0.25) is 5.91 Å². The predicted octanol–water partition coefficient (Wildman–Crippen LogP) is 1.53. The summed E-state index contributed by atoms with van der Waals surface area (Å²) < 4.78 is 22.6. The fraction of sp³-hybridized carbons (Fsp3) is 0.500. The van der Waals surface area contributed by atoms with E-state index in [-0.39, 0.29) is 23.5 Å². The van der Waals surface area contributed by atoms with Crippen LogP contribution in [-0.2, 0) is 20.4 Å². The highest BCUT2D eigenvalue weighted by Gasteiger charge is 2.28. The second kappa shape index (κ2) is 6.63. The van der Waals surface area contributed by atoms with E-state index in [0.717, 1.165) is 5.75 Å². The number of aryl methyl sites for hydroxylation is 1. The Kier molecular flexibility index (Phi) is 5.10. The first-order chi connectivity index (χ1) is 9.46. The molecule has 1 atom stereocenters. The van der Waals surface area contributed by atoms with Crippen LogP contribution in [0, 0.1) is 6.92 Å². The van der Waals surface area contributed by atoms with Gasteiger partial charge in [-0.15, -0.1) is 11.8 Å². The lowest BCUT2D eigenvalue weighted by atomic mass is 10.1. The third-order valence-corrected chi connectivity index (χ3v) is 6.10. The number of rotatable bonds is 5. The van der Waals surface area contributed by atoms with Crippen molar-refractivity contribution in [2.45, 2.75) is 25.1 Å². The summed E-state index contributed by atoms with van der Waals surface area (Å²) in [6, 6.07) is 7.90. The van der Waals surface area contributed by atoms with Crippen LogP contribution in [0.3, 0.4) is 0 Å². The molecule has 0 unspecified atom stereocenters. The fourth-order valence-electron chi connectivity index (χ4n) is 2.20. The van der Waals surface area contributed by atoms with E-state index in [9.17, 15) is 13.2 Å². The molecule has 1 aromatic rings. The number of benzene rings is 1. The molecule has 1 aliphatic heterocycles. The van der Waals surface area contributed by atoms with Gasteiger partial charge in [-0.25, -0.2) is 8.42 Å². The summed E-state index contributed by atoms with van der Waals surface area (Å²) in [7, 11) is -2.93. The van der Waals surface area contributed by atoms with Crippen LogP contribution < -0.4 is 5.32 Å². The van der Waals surface area contributed by atoms with Gasteiger partial charge in [0.05, 0.1) is 17.3 Å². The lowest BCUT2D eigenvalue weighted by molar-refractivity contribution is -0.119. The Bertz CT molecular complexity index is 584. The molecule has 1 amide bonds. The zero-order chi connectivity index (χ0) is 14.6. The molecular weight excluding hydrogens is 294 g/mol. The molecule has 110 valence electrons. The van der Waals surface area contributed by atoms with Crippen molar-refractivity contribution in [3.05, 3.63) is 35.4 Å². The zero-order valence-corrected chi connectivity index (χ0v) is 13.1. The molecule has 0 spiro atoms. The topological polar surface area (TPSA) is 63.2 Å². The van der Waals surface area contributed by atoms with E-state index in [1.165, 1.54) is 11.1 Å². The van der Waals surface area contributed by atoms with Crippen molar-refractivity contribution in [3.63, 3.8) is 0 Å². The van der Waals surface area contributed by atoms with Crippen molar-refractivity contribution in [3.8, 4) is 0 Å². The summed E-state index contributed by atoms with van der Waals surface area (Å²) >= 11 is 1.55. The standard InChI is InChI=1S/C14H19NO3S2/c1-11-4-2-3-5-12(11)8-19-9-14(16)15-13-6-7-20(17,18)10-13/h2-5,13H,6-10H2,1H3,(H,15,16)/t13-/m1/s1. The molecule has 1 N–H and O–H groups in total. The van der Waals surface area contributed by atoms with Crippen LogP contribution in [0.25, 0.3) is 0 Å². The lowest BCUT2D eigenvalue weighted by Crippen LogP contribution is -2.36. The maximum atomic E-state index is 11.8.